The lowest BCUT2D eigenvalue weighted by atomic mass is 10.1. The van der Waals surface area contributed by atoms with E-state index in [4.69, 9.17) is 15.2 Å². The summed E-state index contributed by atoms with van der Waals surface area (Å²) >= 11 is 0. The molecule has 1 aliphatic heterocycles. The lowest BCUT2D eigenvalue weighted by molar-refractivity contribution is 0.203. The van der Waals surface area contributed by atoms with Crippen molar-refractivity contribution in [3.8, 4) is 23.0 Å². The van der Waals surface area contributed by atoms with Crippen molar-refractivity contribution < 1.29 is 14.3 Å². The van der Waals surface area contributed by atoms with Crippen LogP contribution in [0.2, 0.25) is 0 Å². The number of benzene rings is 1. The van der Waals surface area contributed by atoms with E-state index in [2.05, 4.69) is 20.3 Å². The number of anilines is 1. The quantitative estimate of drug-likeness (QED) is 0.625. The third-order valence-corrected chi connectivity index (χ3v) is 4.77. The van der Waals surface area contributed by atoms with E-state index < -0.39 is 0 Å². The minimum Gasteiger partial charge on any atom is -0.497 e. The fraction of sp³-hybridized carbons (Fsp3) is 0.238. The summed E-state index contributed by atoms with van der Waals surface area (Å²) in [6, 6.07) is 10.7. The van der Waals surface area contributed by atoms with Crippen LogP contribution in [0.15, 0.2) is 48.8 Å². The Balaban J connectivity index is 1.57. The van der Waals surface area contributed by atoms with E-state index in [-0.39, 0.29) is 12.8 Å². The Morgan fingerprint density at radius 3 is 2.93 bits per heavy atom. The molecule has 3 aromatic rings. The monoisotopic (exact) mass is 406 g/mol. The van der Waals surface area contributed by atoms with E-state index in [1.165, 1.54) is 0 Å². The number of urea groups is 1. The number of hydrogen-bond acceptors (Lipinski definition) is 7. The summed E-state index contributed by atoms with van der Waals surface area (Å²) in [5.41, 5.74) is 8.67. The highest BCUT2D eigenvalue weighted by molar-refractivity contribution is 5.89. The number of carbonyl (C=O) groups is 1. The Hall–Kier alpha value is -3.72. The van der Waals surface area contributed by atoms with Crippen LogP contribution in [0.1, 0.15) is 11.3 Å². The molecule has 154 valence electrons. The number of fused-ring (bicyclic) bond motifs is 1. The molecule has 30 heavy (non-hydrogen) atoms. The van der Waals surface area contributed by atoms with Gasteiger partial charge in [-0.25, -0.2) is 9.78 Å². The molecule has 3 heterocycles. The first-order chi connectivity index (χ1) is 14.7. The molecule has 0 spiro atoms. The molecule has 1 aliphatic rings. The largest absolute Gasteiger partial charge is 0.497 e. The van der Waals surface area contributed by atoms with E-state index in [1.807, 2.05) is 30.3 Å². The fourth-order valence-corrected chi connectivity index (χ4v) is 3.28. The number of methoxy groups -OCH3 is 1. The van der Waals surface area contributed by atoms with Crippen LogP contribution >= 0.6 is 0 Å². The number of hydrogen-bond donors (Lipinski definition) is 2. The van der Waals surface area contributed by atoms with Gasteiger partial charge in [0.05, 0.1) is 24.9 Å². The van der Waals surface area contributed by atoms with Gasteiger partial charge in [-0.3, -0.25) is 10.7 Å². The number of carbonyl (C=O) groups excluding carboxylic acids is 1. The first-order valence-electron chi connectivity index (χ1n) is 9.51. The van der Waals surface area contributed by atoms with Gasteiger partial charge in [-0.2, -0.15) is 4.98 Å². The fourth-order valence-electron chi connectivity index (χ4n) is 3.28. The summed E-state index contributed by atoms with van der Waals surface area (Å²) in [6.45, 7) is 0.827. The average Bonchev–Trinajstić information content (AvgIpc) is 2.79. The smallest absolute Gasteiger partial charge is 0.322 e. The maximum atomic E-state index is 12.8. The van der Waals surface area contributed by atoms with Crippen molar-refractivity contribution in [3.05, 3.63) is 60.0 Å². The zero-order valence-corrected chi connectivity index (χ0v) is 16.5. The van der Waals surface area contributed by atoms with Gasteiger partial charge < -0.3 is 19.7 Å². The highest BCUT2D eigenvalue weighted by Gasteiger charge is 2.26. The van der Waals surface area contributed by atoms with Crippen LogP contribution in [-0.2, 0) is 13.0 Å². The predicted molar refractivity (Wildman–Crippen MR) is 111 cm³/mol. The van der Waals surface area contributed by atoms with Gasteiger partial charge in [-0.15, -0.1) is 0 Å². The van der Waals surface area contributed by atoms with Crippen LogP contribution in [0, 0.1) is 0 Å². The number of nitrogens with one attached hydrogen (secondary N) is 1. The van der Waals surface area contributed by atoms with Gasteiger partial charge in [0.25, 0.3) is 0 Å². The van der Waals surface area contributed by atoms with Crippen molar-refractivity contribution in [1.82, 2.24) is 19.9 Å². The van der Waals surface area contributed by atoms with Crippen LogP contribution in [0.4, 0.5) is 10.5 Å². The third kappa shape index (κ3) is 4.15. The van der Waals surface area contributed by atoms with Gasteiger partial charge in [0.15, 0.2) is 5.82 Å². The van der Waals surface area contributed by atoms with E-state index in [0.29, 0.717) is 42.7 Å². The first kappa shape index (κ1) is 19.6. The van der Waals surface area contributed by atoms with Crippen LogP contribution in [-0.4, -0.2) is 46.3 Å². The molecule has 0 saturated carbocycles. The molecule has 0 aliphatic carbocycles. The maximum Gasteiger partial charge on any atom is 0.322 e. The van der Waals surface area contributed by atoms with Gasteiger partial charge in [0, 0.05) is 42.7 Å². The Morgan fingerprint density at radius 2 is 2.17 bits per heavy atom. The SMILES string of the molecule is COc1cccc(NC(=O)N2CCc3nc(-c4cccnc4)nc(OCN)c3C2)c1. The molecule has 9 nitrogen and oxygen atoms in total. The standard InChI is InChI=1S/C21H22N6O3/c1-29-16-6-2-5-15(10-16)24-21(28)27-9-7-18-17(12-27)20(30-13-22)26-19(25-18)14-4-3-8-23-11-14/h2-6,8,10-11H,7,9,12-13,22H2,1H3,(H,24,28). The Morgan fingerprint density at radius 1 is 1.27 bits per heavy atom. The lowest BCUT2D eigenvalue weighted by Crippen LogP contribution is -2.39. The zero-order chi connectivity index (χ0) is 20.9. The Kier molecular flexibility index (Phi) is 5.71. The number of nitrogens with zero attached hydrogens (tertiary/aromatic N) is 4. The minimum atomic E-state index is -0.219. The molecule has 3 N–H and O–H groups in total. The maximum absolute atomic E-state index is 12.8. The van der Waals surface area contributed by atoms with E-state index >= 15 is 0 Å². The summed E-state index contributed by atoms with van der Waals surface area (Å²) < 4.78 is 10.8. The van der Waals surface area contributed by atoms with Crippen molar-refractivity contribution in [2.24, 2.45) is 5.73 Å². The second-order valence-corrected chi connectivity index (χ2v) is 6.66. The normalized spacial score (nSPS) is 12.8. The molecule has 0 bridgehead atoms. The summed E-state index contributed by atoms with van der Waals surface area (Å²) in [5, 5.41) is 2.90. The molecule has 0 atom stereocenters. The predicted octanol–water partition coefficient (Wildman–Crippen LogP) is 2.43. The van der Waals surface area contributed by atoms with Crippen molar-refractivity contribution in [2.75, 3.05) is 25.7 Å². The summed E-state index contributed by atoms with van der Waals surface area (Å²) in [7, 11) is 1.58. The van der Waals surface area contributed by atoms with E-state index in [0.717, 1.165) is 16.8 Å². The molecule has 4 rings (SSSR count). The Labute approximate surface area is 173 Å². The van der Waals surface area contributed by atoms with Gasteiger partial charge in [-0.05, 0) is 24.3 Å². The molecule has 9 heteroatoms. The Bertz CT molecular complexity index is 1040. The molecule has 2 amide bonds. The summed E-state index contributed by atoms with van der Waals surface area (Å²) in [5.74, 6) is 1.59. The summed E-state index contributed by atoms with van der Waals surface area (Å²) in [6.07, 6.45) is 3.97. The van der Waals surface area contributed by atoms with Crippen molar-refractivity contribution in [2.45, 2.75) is 13.0 Å². The van der Waals surface area contributed by atoms with Crippen molar-refractivity contribution in [3.63, 3.8) is 0 Å². The highest BCUT2D eigenvalue weighted by Crippen LogP contribution is 2.29. The summed E-state index contributed by atoms with van der Waals surface area (Å²) in [4.78, 5) is 27.8. The van der Waals surface area contributed by atoms with Crippen LogP contribution in [0.5, 0.6) is 11.6 Å². The molecule has 0 fully saturated rings. The molecule has 1 aromatic carbocycles. The van der Waals surface area contributed by atoms with Crippen molar-refractivity contribution >= 4 is 11.7 Å². The third-order valence-electron chi connectivity index (χ3n) is 4.77. The zero-order valence-electron chi connectivity index (χ0n) is 16.5. The van der Waals surface area contributed by atoms with Crippen LogP contribution in [0.3, 0.4) is 0 Å². The number of nitrogens with two attached hydrogens (primary N) is 1. The van der Waals surface area contributed by atoms with Crippen molar-refractivity contribution in [1.29, 1.82) is 0 Å². The van der Waals surface area contributed by atoms with Crippen LogP contribution in [0.25, 0.3) is 11.4 Å². The number of rotatable bonds is 5. The molecular weight excluding hydrogens is 384 g/mol. The van der Waals surface area contributed by atoms with E-state index in [9.17, 15) is 4.79 Å². The van der Waals surface area contributed by atoms with Gasteiger partial charge in [0.1, 0.15) is 12.5 Å². The second kappa shape index (κ2) is 8.75. The number of pyridine rings is 1. The van der Waals surface area contributed by atoms with Gasteiger partial charge in [0.2, 0.25) is 5.88 Å². The van der Waals surface area contributed by atoms with Gasteiger partial charge >= 0.3 is 6.03 Å². The topological polar surface area (TPSA) is 115 Å². The van der Waals surface area contributed by atoms with Gasteiger partial charge in [-0.1, -0.05) is 6.07 Å². The first-order valence-corrected chi connectivity index (χ1v) is 9.51. The number of aromatic nitrogens is 3. The average molecular weight is 406 g/mol. The molecule has 0 unspecified atom stereocenters. The minimum absolute atomic E-state index is 0.0219. The molecule has 2 aromatic heterocycles. The lowest BCUT2D eigenvalue weighted by Gasteiger charge is -2.29. The highest BCUT2D eigenvalue weighted by atomic mass is 16.5. The second-order valence-electron chi connectivity index (χ2n) is 6.66. The van der Waals surface area contributed by atoms with E-state index in [1.54, 1.807) is 30.5 Å². The molecule has 0 radical (unpaired) electrons. The number of amides is 2. The van der Waals surface area contributed by atoms with Crippen LogP contribution < -0.4 is 20.5 Å². The molecule has 0 saturated heterocycles. The number of ether oxygens (including phenoxy) is 2. The molecular formula is C21H22N6O3.